The maximum atomic E-state index is 12.5. The highest BCUT2D eigenvalue weighted by molar-refractivity contribution is 7.92. The van der Waals surface area contributed by atoms with E-state index in [0.29, 0.717) is 42.3 Å². The number of ether oxygens (including phenoxy) is 2. The van der Waals surface area contributed by atoms with Gasteiger partial charge in [-0.25, -0.2) is 8.42 Å². The molecule has 0 atom stereocenters. The number of nitrogens with zero attached hydrogens (tertiary/aromatic N) is 1. The minimum absolute atomic E-state index is 0.0597. The molecule has 8 heteroatoms. The van der Waals surface area contributed by atoms with Gasteiger partial charge in [0.05, 0.1) is 11.4 Å². The van der Waals surface area contributed by atoms with Crippen LogP contribution in [0.25, 0.3) is 0 Å². The monoisotopic (exact) mass is 388 g/mol. The van der Waals surface area contributed by atoms with E-state index < -0.39 is 10.0 Å². The van der Waals surface area contributed by atoms with Crippen LogP contribution in [0.5, 0.6) is 11.5 Å². The van der Waals surface area contributed by atoms with E-state index in [9.17, 15) is 13.2 Å². The van der Waals surface area contributed by atoms with Crippen LogP contribution in [0.1, 0.15) is 28.4 Å². The van der Waals surface area contributed by atoms with E-state index >= 15 is 0 Å². The van der Waals surface area contributed by atoms with Gasteiger partial charge in [0.2, 0.25) is 16.8 Å². The Kier molecular flexibility index (Phi) is 4.43. The summed E-state index contributed by atoms with van der Waals surface area (Å²) in [5.74, 6) is 1.24. The molecule has 0 unspecified atom stereocenters. The normalized spacial score (nSPS) is 14.9. The molecule has 2 aliphatic rings. The SMILES string of the molecule is CCS(=O)(=O)N1CCc2cc(C(=O)NCc3ccc4c(c3)OCO4)ccc21. The fourth-order valence-corrected chi connectivity index (χ4v) is 4.45. The summed E-state index contributed by atoms with van der Waals surface area (Å²) in [6.45, 7) is 2.63. The molecule has 0 fully saturated rings. The first-order valence-corrected chi connectivity index (χ1v) is 10.4. The molecule has 0 aromatic heterocycles. The van der Waals surface area contributed by atoms with Crippen molar-refractivity contribution in [1.29, 1.82) is 0 Å². The molecule has 0 radical (unpaired) electrons. The zero-order chi connectivity index (χ0) is 19.0. The van der Waals surface area contributed by atoms with Crippen molar-refractivity contribution in [2.24, 2.45) is 0 Å². The van der Waals surface area contributed by atoms with E-state index in [1.807, 2.05) is 18.2 Å². The van der Waals surface area contributed by atoms with Crippen molar-refractivity contribution in [3.8, 4) is 11.5 Å². The predicted octanol–water partition coefficient (Wildman–Crippen LogP) is 2.06. The van der Waals surface area contributed by atoms with Crippen LogP contribution in [0.15, 0.2) is 36.4 Å². The summed E-state index contributed by atoms with van der Waals surface area (Å²) < 4.78 is 36.3. The predicted molar refractivity (Wildman–Crippen MR) is 101 cm³/mol. The largest absolute Gasteiger partial charge is 0.454 e. The Morgan fingerprint density at radius 3 is 2.78 bits per heavy atom. The highest BCUT2D eigenvalue weighted by Gasteiger charge is 2.28. The minimum atomic E-state index is -3.29. The van der Waals surface area contributed by atoms with Gasteiger partial charge in [0, 0.05) is 18.7 Å². The number of amides is 1. The molecule has 142 valence electrons. The number of fused-ring (bicyclic) bond motifs is 2. The molecule has 0 spiro atoms. The van der Waals surface area contributed by atoms with Crippen molar-refractivity contribution in [2.45, 2.75) is 19.9 Å². The molecule has 7 nitrogen and oxygen atoms in total. The lowest BCUT2D eigenvalue weighted by Crippen LogP contribution is -2.30. The number of nitrogens with one attached hydrogen (secondary N) is 1. The van der Waals surface area contributed by atoms with Gasteiger partial charge in [0.1, 0.15) is 0 Å². The molecule has 2 aliphatic heterocycles. The van der Waals surface area contributed by atoms with Crippen LogP contribution in [0.4, 0.5) is 5.69 Å². The van der Waals surface area contributed by atoms with Gasteiger partial charge in [0.25, 0.3) is 5.91 Å². The third kappa shape index (κ3) is 3.32. The molecule has 2 aromatic carbocycles. The standard InChI is InChI=1S/C19H20N2O5S/c1-2-27(23,24)21-8-7-14-10-15(4-5-16(14)21)19(22)20-11-13-3-6-17-18(9-13)26-12-25-17/h3-6,9-10H,2,7-8,11-12H2,1H3,(H,20,22). The van der Waals surface area contributed by atoms with E-state index in [1.165, 1.54) is 4.31 Å². The van der Waals surface area contributed by atoms with Gasteiger partial charge in [-0.2, -0.15) is 0 Å². The zero-order valence-corrected chi connectivity index (χ0v) is 15.7. The number of benzene rings is 2. The summed E-state index contributed by atoms with van der Waals surface area (Å²) in [5.41, 5.74) is 2.98. The van der Waals surface area contributed by atoms with E-state index in [4.69, 9.17) is 9.47 Å². The number of rotatable bonds is 5. The fourth-order valence-electron chi connectivity index (χ4n) is 3.29. The van der Waals surface area contributed by atoms with Crippen molar-refractivity contribution >= 4 is 21.6 Å². The molecule has 0 saturated carbocycles. The van der Waals surface area contributed by atoms with Crippen LogP contribution in [0.2, 0.25) is 0 Å². The van der Waals surface area contributed by atoms with Crippen LogP contribution >= 0.6 is 0 Å². The fraction of sp³-hybridized carbons (Fsp3) is 0.316. The molecular weight excluding hydrogens is 368 g/mol. The van der Waals surface area contributed by atoms with Crippen LogP contribution in [-0.2, 0) is 23.0 Å². The lowest BCUT2D eigenvalue weighted by molar-refractivity contribution is 0.0950. The lowest BCUT2D eigenvalue weighted by Gasteiger charge is -2.18. The van der Waals surface area contributed by atoms with Gasteiger partial charge in [-0.05, 0) is 54.8 Å². The second-order valence-electron chi connectivity index (χ2n) is 6.44. The number of anilines is 1. The van der Waals surface area contributed by atoms with Gasteiger partial charge in [0.15, 0.2) is 11.5 Å². The minimum Gasteiger partial charge on any atom is -0.454 e. The molecule has 1 amide bonds. The molecule has 2 heterocycles. The number of hydrogen-bond donors (Lipinski definition) is 1. The molecule has 0 saturated heterocycles. The summed E-state index contributed by atoms with van der Waals surface area (Å²) in [4.78, 5) is 12.5. The summed E-state index contributed by atoms with van der Waals surface area (Å²) >= 11 is 0. The first kappa shape index (κ1) is 17.7. The van der Waals surface area contributed by atoms with Crippen molar-refractivity contribution in [3.05, 3.63) is 53.1 Å². The lowest BCUT2D eigenvalue weighted by atomic mass is 10.1. The van der Waals surface area contributed by atoms with E-state index in [2.05, 4.69) is 5.32 Å². The Labute approximate surface area is 157 Å². The second-order valence-corrected chi connectivity index (χ2v) is 8.62. The zero-order valence-electron chi connectivity index (χ0n) is 14.9. The highest BCUT2D eigenvalue weighted by Crippen LogP contribution is 2.33. The number of sulfonamides is 1. The molecule has 2 aromatic rings. The Morgan fingerprint density at radius 2 is 1.96 bits per heavy atom. The first-order valence-electron chi connectivity index (χ1n) is 8.78. The molecule has 27 heavy (non-hydrogen) atoms. The van der Waals surface area contributed by atoms with Crippen LogP contribution < -0.4 is 19.1 Å². The van der Waals surface area contributed by atoms with Crippen molar-refractivity contribution in [1.82, 2.24) is 5.32 Å². The van der Waals surface area contributed by atoms with Crippen LogP contribution in [0.3, 0.4) is 0 Å². The smallest absolute Gasteiger partial charge is 0.251 e. The number of carbonyl (C=O) groups is 1. The number of carbonyl (C=O) groups excluding carboxylic acids is 1. The van der Waals surface area contributed by atoms with Gasteiger partial charge < -0.3 is 14.8 Å². The Hall–Kier alpha value is -2.74. The Bertz CT molecular complexity index is 1000. The summed E-state index contributed by atoms with van der Waals surface area (Å²) in [5, 5.41) is 2.88. The quantitative estimate of drug-likeness (QED) is 0.848. The first-order chi connectivity index (χ1) is 13.0. The highest BCUT2D eigenvalue weighted by atomic mass is 32.2. The summed E-state index contributed by atoms with van der Waals surface area (Å²) in [7, 11) is -3.29. The molecular formula is C19H20N2O5S. The second kappa shape index (κ2) is 6.77. The Balaban J connectivity index is 1.46. The average molecular weight is 388 g/mol. The van der Waals surface area contributed by atoms with Crippen molar-refractivity contribution in [3.63, 3.8) is 0 Å². The third-order valence-corrected chi connectivity index (χ3v) is 6.57. The summed E-state index contributed by atoms with van der Waals surface area (Å²) in [6.07, 6.45) is 0.609. The van der Waals surface area contributed by atoms with Crippen molar-refractivity contribution < 1.29 is 22.7 Å². The molecule has 0 aliphatic carbocycles. The molecule has 1 N–H and O–H groups in total. The summed E-state index contributed by atoms with van der Waals surface area (Å²) in [6, 6.07) is 10.7. The average Bonchev–Trinajstić information content (AvgIpc) is 3.31. The van der Waals surface area contributed by atoms with E-state index in [0.717, 1.165) is 11.1 Å². The maximum Gasteiger partial charge on any atom is 0.251 e. The van der Waals surface area contributed by atoms with Crippen LogP contribution in [-0.4, -0.2) is 33.4 Å². The van der Waals surface area contributed by atoms with Gasteiger partial charge in [-0.1, -0.05) is 6.07 Å². The molecule has 4 rings (SSSR count). The topological polar surface area (TPSA) is 84.9 Å². The van der Waals surface area contributed by atoms with Crippen LogP contribution in [0, 0.1) is 0 Å². The van der Waals surface area contributed by atoms with Gasteiger partial charge >= 0.3 is 0 Å². The van der Waals surface area contributed by atoms with Gasteiger partial charge in [-0.15, -0.1) is 0 Å². The van der Waals surface area contributed by atoms with Crippen molar-refractivity contribution in [2.75, 3.05) is 23.4 Å². The number of hydrogen-bond acceptors (Lipinski definition) is 5. The molecule has 0 bridgehead atoms. The van der Waals surface area contributed by atoms with E-state index in [1.54, 1.807) is 25.1 Å². The van der Waals surface area contributed by atoms with E-state index in [-0.39, 0.29) is 18.5 Å². The third-order valence-electron chi connectivity index (χ3n) is 4.79. The van der Waals surface area contributed by atoms with Gasteiger partial charge in [-0.3, -0.25) is 9.10 Å². The Morgan fingerprint density at radius 1 is 1.15 bits per heavy atom. The maximum absolute atomic E-state index is 12.5.